The van der Waals surface area contributed by atoms with Crippen molar-refractivity contribution in [2.45, 2.75) is 50.3 Å². The highest BCUT2D eigenvalue weighted by Crippen LogP contribution is 2.43. The summed E-state index contributed by atoms with van der Waals surface area (Å²) in [5.74, 6) is 0.992. The van der Waals surface area contributed by atoms with Crippen LogP contribution in [0.4, 0.5) is 19.0 Å². The summed E-state index contributed by atoms with van der Waals surface area (Å²) in [6.07, 6.45) is -0.520. The molecule has 1 aromatic heterocycles. The molecule has 3 atom stereocenters. The van der Waals surface area contributed by atoms with Crippen molar-refractivity contribution in [3.05, 3.63) is 53.0 Å². The number of hydrogen-bond acceptors (Lipinski definition) is 6. The Morgan fingerprint density at radius 3 is 2.47 bits per heavy atom. The first-order valence-corrected chi connectivity index (χ1v) is 12.7. The van der Waals surface area contributed by atoms with Crippen molar-refractivity contribution < 1.29 is 23.1 Å². The van der Waals surface area contributed by atoms with Gasteiger partial charge in [0, 0.05) is 38.3 Å². The number of carbonyl (C=O) groups excluding carboxylic acids is 1. The third-order valence-corrected chi connectivity index (χ3v) is 7.59. The van der Waals surface area contributed by atoms with E-state index in [1.165, 1.54) is 31.3 Å². The Balaban J connectivity index is 1.28. The van der Waals surface area contributed by atoms with Gasteiger partial charge in [-0.3, -0.25) is 4.79 Å². The molecule has 1 unspecified atom stereocenters. The van der Waals surface area contributed by atoms with Gasteiger partial charge in [0.25, 0.3) is 0 Å². The van der Waals surface area contributed by atoms with E-state index in [-0.39, 0.29) is 11.8 Å². The Morgan fingerprint density at radius 2 is 1.83 bits per heavy atom. The fraction of sp³-hybridized carbons (Fsp3) is 0.577. The maximum absolute atomic E-state index is 13.6. The van der Waals surface area contributed by atoms with Crippen LogP contribution in [-0.4, -0.2) is 65.2 Å². The summed E-state index contributed by atoms with van der Waals surface area (Å²) in [6, 6.07) is 4.97. The largest absolute Gasteiger partial charge is 0.416 e. The van der Waals surface area contributed by atoms with E-state index in [1.54, 1.807) is 4.90 Å². The van der Waals surface area contributed by atoms with Gasteiger partial charge in [-0.1, -0.05) is 19.1 Å². The van der Waals surface area contributed by atoms with Gasteiger partial charge in [-0.05, 0) is 55.3 Å². The molecule has 0 bridgehead atoms. The normalized spacial score (nSPS) is 23.0. The molecule has 2 aliphatic carbocycles. The first kappa shape index (κ1) is 25.0. The number of fused-ring (bicyclic) bond motifs is 1. The van der Waals surface area contributed by atoms with Crippen LogP contribution in [0.5, 0.6) is 0 Å². The fourth-order valence-electron chi connectivity index (χ4n) is 5.32. The Kier molecular flexibility index (Phi) is 6.91. The SMILES string of the molecule is C[C@@H]1C[C@H](O)c2ncnc(N3CCN(C(=O)C(CNCC4CC4)c4ccc(C(F)(F)F)cc4)CC3)c21. The van der Waals surface area contributed by atoms with Crippen LogP contribution in [0.15, 0.2) is 30.6 Å². The molecule has 1 aliphatic heterocycles. The lowest BCUT2D eigenvalue weighted by Gasteiger charge is -2.38. The summed E-state index contributed by atoms with van der Waals surface area (Å²) >= 11 is 0. The zero-order chi connectivity index (χ0) is 25.4. The lowest BCUT2D eigenvalue weighted by Crippen LogP contribution is -2.51. The molecule has 3 aliphatic rings. The van der Waals surface area contributed by atoms with Crippen molar-refractivity contribution in [3.63, 3.8) is 0 Å². The predicted molar refractivity (Wildman–Crippen MR) is 129 cm³/mol. The number of amides is 1. The number of alkyl halides is 3. The second-order valence-electron chi connectivity index (χ2n) is 10.2. The Labute approximate surface area is 208 Å². The van der Waals surface area contributed by atoms with Crippen molar-refractivity contribution in [3.8, 4) is 0 Å². The van der Waals surface area contributed by atoms with Gasteiger partial charge in [0.05, 0.1) is 23.3 Å². The highest BCUT2D eigenvalue weighted by atomic mass is 19.4. The molecule has 2 fully saturated rings. The second kappa shape index (κ2) is 9.97. The molecule has 194 valence electrons. The quantitative estimate of drug-likeness (QED) is 0.602. The number of aromatic nitrogens is 2. The van der Waals surface area contributed by atoms with Crippen LogP contribution in [0, 0.1) is 5.92 Å². The number of nitrogens with zero attached hydrogens (tertiary/aromatic N) is 4. The number of benzene rings is 1. The van der Waals surface area contributed by atoms with E-state index in [4.69, 9.17) is 0 Å². The van der Waals surface area contributed by atoms with Crippen molar-refractivity contribution in [1.29, 1.82) is 0 Å². The van der Waals surface area contributed by atoms with E-state index in [0.717, 1.165) is 30.1 Å². The first-order chi connectivity index (χ1) is 17.2. The third-order valence-electron chi connectivity index (χ3n) is 7.59. The number of piperazine rings is 1. The minimum Gasteiger partial charge on any atom is -0.387 e. The second-order valence-corrected chi connectivity index (χ2v) is 10.2. The van der Waals surface area contributed by atoms with Gasteiger partial charge in [-0.25, -0.2) is 9.97 Å². The highest BCUT2D eigenvalue weighted by molar-refractivity contribution is 5.84. The minimum atomic E-state index is -4.41. The minimum absolute atomic E-state index is 0.0746. The zero-order valence-corrected chi connectivity index (χ0v) is 20.3. The maximum Gasteiger partial charge on any atom is 0.416 e. The topological polar surface area (TPSA) is 81.6 Å². The monoisotopic (exact) mass is 503 g/mol. The van der Waals surface area contributed by atoms with E-state index in [9.17, 15) is 23.1 Å². The molecule has 1 saturated heterocycles. The summed E-state index contributed by atoms with van der Waals surface area (Å²) in [7, 11) is 0. The van der Waals surface area contributed by atoms with Crippen molar-refractivity contribution in [2.24, 2.45) is 5.92 Å². The number of aliphatic hydroxyl groups excluding tert-OH is 1. The van der Waals surface area contributed by atoms with Crippen LogP contribution < -0.4 is 10.2 Å². The van der Waals surface area contributed by atoms with Crippen molar-refractivity contribution >= 4 is 11.7 Å². The van der Waals surface area contributed by atoms with Crippen molar-refractivity contribution in [2.75, 3.05) is 44.2 Å². The predicted octanol–water partition coefficient (Wildman–Crippen LogP) is 3.47. The van der Waals surface area contributed by atoms with Gasteiger partial charge in [0.1, 0.15) is 12.1 Å². The van der Waals surface area contributed by atoms with E-state index in [0.29, 0.717) is 56.3 Å². The maximum atomic E-state index is 13.6. The van der Waals surface area contributed by atoms with Crippen LogP contribution in [0.2, 0.25) is 0 Å². The fourth-order valence-corrected chi connectivity index (χ4v) is 5.32. The molecule has 2 aromatic rings. The molecule has 1 saturated carbocycles. The van der Waals surface area contributed by atoms with E-state index >= 15 is 0 Å². The molecule has 5 rings (SSSR count). The number of aliphatic hydroxyl groups is 1. The summed E-state index contributed by atoms with van der Waals surface area (Å²) in [5.41, 5.74) is 1.55. The lowest BCUT2D eigenvalue weighted by atomic mass is 9.95. The first-order valence-electron chi connectivity index (χ1n) is 12.7. The summed E-state index contributed by atoms with van der Waals surface area (Å²) in [5, 5.41) is 13.7. The molecule has 10 heteroatoms. The Hall–Kier alpha value is -2.72. The molecular formula is C26H32F3N5O2. The number of rotatable bonds is 7. The summed E-state index contributed by atoms with van der Waals surface area (Å²) < 4.78 is 39.2. The van der Waals surface area contributed by atoms with E-state index in [2.05, 4.69) is 27.1 Å². The number of nitrogens with one attached hydrogen (secondary N) is 1. The van der Waals surface area contributed by atoms with Crippen LogP contribution in [0.1, 0.15) is 66.5 Å². The van der Waals surface area contributed by atoms with Crippen LogP contribution >= 0.6 is 0 Å². The van der Waals surface area contributed by atoms with Gasteiger partial charge in [0.15, 0.2) is 0 Å². The molecule has 1 amide bonds. The standard InChI is InChI=1S/C26H32F3N5O2/c1-16-12-21(35)23-22(16)24(32-15-31-23)33-8-10-34(11-9-33)25(36)20(14-30-13-17-2-3-17)18-4-6-19(7-5-18)26(27,28)29/h4-7,15-17,20-21,30,35H,2-3,8-14H2,1H3/t16-,20?,21+/m1/s1. The Bertz CT molecular complexity index is 1080. The van der Waals surface area contributed by atoms with Crippen LogP contribution in [0.3, 0.4) is 0 Å². The summed E-state index contributed by atoms with van der Waals surface area (Å²) in [4.78, 5) is 26.3. The highest BCUT2D eigenvalue weighted by Gasteiger charge is 2.36. The molecule has 2 heterocycles. The third kappa shape index (κ3) is 5.20. The Morgan fingerprint density at radius 1 is 1.14 bits per heavy atom. The van der Waals surface area contributed by atoms with Crippen molar-refractivity contribution in [1.82, 2.24) is 20.2 Å². The number of anilines is 1. The number of carbonyl (C=O) groups is 1. The molecule has 7 nitrogen and oxygen atoms in total. The van der Waals surface area contributed by atoms with Gasteiger partial charge in [0.2, 0.25) is 5.91 Å². The molecular weight excluding hydrogens is 471 g/mol. The molecule has 1 aromatic carbocycles. The zero-order valence-electron chi connectivity index (χ0n) is 20.3. The smallest absolute Gasteiger partial charge is 0.387 e. The summed E-state index contributed by atoms with van der Waals surface area (Å²) in [6.45, 7) is 5.45. The van der Waals surface area contributed by atoms with E-state index < -0.39 is 23.8 Å². The molecule has 0 radical (unpaired) electrons. The van der Waals surface area contributed by atoms with Crippen LogP contribution in [-0.2, 0) is 11.0 Å². The van der Waals surface area contributed by atoms with E-state index in [1.807, 2.05) is 0 Å². The number of hydrogen-bond donors (Lipinski definition) is 2. The number of halogens is 3. The van der Waals surface area contributed by atoms with Gasteiger partial charge < -0.3 is 20.2 Å². The molecule has 0 spiro atoms. The molecule has 36 heavy (non-hydrogen) atoms. The van der Waals surface area contributed by atoms with Crippen LogP contribution in [0.25, 0.3) is 0 Å². The molecule has 2 N–H and O–H groups in total. The van der Waals surface area contributed by atoms with Gasteiger partial charge in [-0.15, -0.1) is 0 Å². The lowest BCUT2D eigenvalue weighted by molar-refractivity contribution is -0.137. The van der Waals surface area contributed by atoms with Gasteiger partial charge >= 0.3 is 6.18 Å². The van der Waals surface area contributed by atoms with Gasteiger partial charge in [-0.2, -0.15) is 13.2 Å². The average Bonchev–Trinajstić information content (AvgIpc) is 3.65. The average molecular weight is 504 g/mol.